The molecule has 0 bridgehead atoms. The number of carbonyl (C=O) groups is 1. The molecule has 0 saturated carbocycles. The molecule has 1 aromatic carbocycles. The van der Waals surface area contributed by atoms with Crippen molar-refractivity contribution in [2.45, 2.75) is 20.8 Å². The maximum Gasteiger partial charge on any atom is 0.257 e. The molecule has 0 aliphatic heterocycles. The average molecular weight is 266 g/mol. The number of halogens is 1. The van der Waals surface area contributed by atoms with E-state index in [9.17, 15) is 4.79 Å². The molecule has 1 heterocycles. The Kier molecular flexibility index (Phi) is 3.34. The van der Waals surface area contributed by atoms with Crippen molar-refractivity contribution < 1.29 is 9.42 Å². The molecular weight excluding hydrogens is 254 g/mol. The third-order valence-corrected chi connectivity index (χ3v) is 3.23. The minimum atomic E-state index is -0.284. The van der Waals surface area contributed by atoms with E-state index in [1.165, 1.54) is 0 Å². The van der Waals surface area contributed by atoms with Crippen molar-refractivity contribution in [3.63, 3.8) is 0 Å². The van der Waals surface area contributed by atoms with Crippen LogP contribution in [0.5, 0.6) is 0 Å². The number of rotatable bonds is 2. The fraction of sp³-hybridized carbons (Fsp3) is 0.250. The van der Waals surface area contributed by atoms with Crippen molar-refractivity contribution >= 4 is 23.3 Å². The van der Waals surface area contributed by atoms with Crippen LogP contribution in [-0.2, 0) is 0 Å². The fourth-order valence-electron chi connectivity index (χ4n) is 1.63. The lowest BCUT2D eigenvalue weighted by Crippen LogP contribution is -2.14. The summed E-state index contributed by atoms with van der Waals surface area (Å²) in [6.07, 6.45) is 0. The van der Waals surface area contributed by atoms with E-state index in [4.69, 9.17) is 11.6 Å². The summed E-state index contributed by atoms with van der Waals surface area (Å²) < 4.78 is 4.41. The molecule has 1 aromatic heterocycles. The van der Waals surface area contributed by atoms with Gasteiger partial charge in [-0.05, 0) is 53.8 Å². The van der Waals surface area contributed by atoms with Crippen LogP contribution in [0.3, 0.4) is 0 Å². The highest BCUT2D eigenvalue weighted by molar-refractivity contribution is 6.32. The Morgan fingerprint density at radius 2 is 1.94 bits per heavy atom. The molecule has 0 fully saturated rings. The van der Waals surface area contributed by atoms with Crippen molar-refractivity contribution in [2.24, 2.45) is 0 Å². The zero-order chi connectivity index (χ0) is 13.3. The van der Waals surface area contributed by atoms with Crippen LogP contribution in [0.4, 0.5) is 5.82 Å². The van der Waals surface area contributed by atoms with Crippen molar-refractivity contribution in [3.05, 3.63) is 39.5 Å². The quantitative estimate of drug-likeness (QED) is 0.906. The van der Waals surface area contributed by atoms with Crippen LogP contribution in [-0.4, -0.2) is 16.2 Å². The highest BCUT2D eigenvalue weighted by Crippen LogP contribution is 2.20. The third kappa shape index (κ3) is 2.22. The van der Waals surface area contributed by atoms with Crippen LogP contribution >= 0.6 is 11.6 Å². The van der Waals surface area contributed by atoms with Crippen molar-refractivity contribution in [2.75, 3.05) is 5.32 Å². The van der Waals surface area contributed by atoms with Gasteiger partial charge >= 0.3 is 0 Å². The van der Waals surface area contributed by atoms with Crippen molar-refractivity contribution in [1.82, 2.24) is 10.3 Å². The molecule has 0 atom stereocenters. The first-order valence-corrected chi connectivity index (χ1v) is 5.74. The molecule has 2 aromatic rings. The second-order valence-corrected chi connectivity index (χ2v) is 4.40. The molecule has 1 N–H and O–H groups in total. The summed E-state index contributed by atoms with van der Waals surface area (Å²) in [5.41, 5.74) is 3.74. The summed E-state index contributed by atoms with van der Waals surface area (Å²) in [5.74, 6) is -0.160. The average Bonchev–Trinajstić information content (AvgIpc) is 2.72. The lowest BCUT2D eigenvalue weighted by Gasteiger charge is -2.10. The monoisotopic (exact) mass is 265 g/mol. The van der Waals surface area contributed by atoms with Gasteiger partial charge in [-0.15, -0.1) is 0 Å². The Balaban J connectivity index is 2.30. The second-order valence-electron chi connectivity index (χ2n) is 4.04. The number of carbonyl (C=O) groups excluding carboxylic acids is 1. The van der Waals surface area contributed by atoms with E-state index in [1.54, 1.807) is 6.07 Å². The van der Waals surface area contributed by atoms with E-state index in [1.807, 2.05) is 26.8 Å². The van der Waals surface area contributed by atoms with Crippen LogP contribution in [0.25, 0.3) is 0 Å². The highest BCUT2D eigenvalue weighted by atomic mass is 35.5. The van der Waals surface area contributed by atoms with Gasteiger partial charge < -0.3 is 5.32 Å². The summed E-state index contributed by atoms with van der Waals surface area (Å²) in [6, 6.07) is 3.67. The Bertz CT molecular complexity index is 607. The molecule has 5 nitrogen and oxygen atoms in total. The number of amides is 1. The number of hydrogen-bond donors (Lipinski definition) is 1. The number of anilines is 1. The normalized spacial score (nSPS) is 10.4. The van der Waals surface area contributed by atoms with Gasteiger partial charge in [-0.3, -0.25) is 4.79 Å². The maximum atomic E-state index is 12.1. The Morgan fingerprint density at radius 1 is 1.22 bits per heavy atom. The van der Waals surface area contributed by atoms with Crippen LogP contribution in [0, 0.1) is 20.8 Å². The number of benzene rings is 1. The zero-order valence-corrected chi connectivity index (χ0v) is 11.0. The van der Waals surface area contributed by atoms with Gasteiger partial charge in [0.25, 0.3) is 5.91 Å². The first kappa shape index (κ1) is 12.6. The van der Waals surface area contributed by atoms with Gasteiger partial charge in [-0.1, -0.05) is 17.7 Å². The van der Waals surface area contributed by atoms with E-state index in [0.29, 0.717) is 5.56 Å². The summed E-state index contributed by atoms with van der Waals surface area (Å²) in [6.45, 7) is 5.88. The van der Waals surface area contributed by atoms with Crippen LogP contribution in [0.1, 0.15) is 27.0 Å². The summed E-state index contributed by atoms with van der Waals surface area (Å²) in [4.78, 5) is 12.1. The number of aromatic nitrogens is 2. The predicted octanol–water partition coefficient (Wildman–Crippen LogP) is 2.90. The van der Waals surface area contributed by atoms with E-state index in [2.05, 4.69) is 20.3 Å². The SMILES string of the molecule is Cc1ccc(C(=O)Nc2nonc2Cl)c(C)c1C. The topological polar surface area (TPSA) is 68.0 Å². The molecule has 0 aliphatic carbocycles. The molecule has 0 aliphatic rings. The predicted molar refractivity (Wildman–Crippen MR) is 67.9 cm³/mol. The van der Waals surface area contributed by atoms with E-state index in [-0.39, 0.29) is 16.9 Å². The molecule has 18 heavy (non-hydrogen) atoms. The van der Waals surface area contributed by atoms with Gasteiger partial charge in [0.2, 0.25) is 11.0 Å². The Labute approximate surface area is 109 Å². The van der Waals surface area contributed by atoms with Crippen LogP contribution in [0.15, 0.2) is 16.8 Å². The standard InChI is InChI=1S/C12H12ClN3O2/c1-6-4-5-9(8(3)7(6)2)12(17)14-11-10(13)15-18-16-11/h4-5H,1-3H3,(H,14,16,17). The van der Waals surface area contributed by atoms with Gasteiger partial charge in [-0.2, -0.15) is 0 Å². The number of nitrogens with one attached hydrogen (secondary N) is 1. The first-order valence-electron chi connectivity index (χ1n) is 5.37. The maximum absolute atomic E-state index is 12.1. The minimum Gasteiger partial charge on any atom is -0.301 e. The lowest BCUT2D eigenvalue weighted by molar-refractivity contribution is 0.102. The van der Waals surface area contributed by atoms with Crippen LogP contribution < -0.4 is 5.32 Å². The minimum absolute atomic E-state index is 0.0323. The van der Waals surface area contributed by atoms with Gasteiger partial charge in [0.15, 0.2) is 0 Å². The molecule has 1 amide bonds. The largest absolute Gasteiger partial charge is 0.301 e. The first-order chi connectivity index (χ1) is 8.50. The molecule has 6 heteroatoms. The van der Waals surface area contributed by atoms with Crippen molar-refractivity contribution in [1.29, 1.82) is 0 Å². The van der Waals surface area contributed by atoms with Gasteiger partial charge in [0, 0.05) is 5.56 Å². The molecule has 94 valence electrons. The molecule has 2 rings (SSSR count). The van der Waals surface area contributed by atoms with E-state index in [0.717, 1.165) is 16.7 Å². The van der Waals surface area contributed by atoms with Gasteiger partial charge in [-0.25, -0.2) is 4.63 Å². The fourth-order valence-corrected chi connectivity index (χ4v) is 1.74. The van der Waals surface area contributed by atoms with Crippen LogP contribution in [0.2, 0.25) is 5.15 Å². The van der Waals surface area contributed by atoms with E-state index >= 15 is 0 Å². The molecule has 0 radical (unpaired) electrons. The summed E-state index contributed by atoms with van der Waals surface area (Å²) in [7, 11) is 0. The molecule has 0 spiro atoms. The summed E-state index contributed by atoms with van der Waals surface area (Å²) >= 11 is 5.69. The third-order valence-electron chi connectivity index (χ3n) is 2.98. The molecule has 0 unspecified atom stereocenters. The summed E-state index contributed by atoms with van der Waals surface area (Å²) in [5, 5.41) is 9.47. The highest BCUT2D eigenvalue weighted by Gasteiger charge is 2.15. The van der Waals surface area contributed by atoms with Crippen molar-refractivity contribution in [3.8, 4) is 0 Å². The number of nitrogens with zero attached hydrogens (tertiary/aromatic N) is 2. The zero-order valence-electron chi connectivity index (χ0n) is 10.2. The number of aryl methyl sites for hydroxylation is 1. The van der Waals surface area contributed by atoms with Gasteiger partial charge in [0.05, 0.1) is 0 Å². The Morgan fingerprint density at radius 3 is 2.56 bits per heavy atom. The van der Waals surface area contributed by atoms with E-state index < -0.39 is 0 Å². The smallest absolute Gasteiger partial charge is 0.257 e. The van der Waals surface area contributed by atoms with Gasteiger partial charge in [0.1, 0.15) is 0 Å². The molecular formula is C12H12ClN3O2. The molecule has 0 saturated heterocycles. The lowest BCUT2D eigenvalue weighted by atomic mass is 9.98. The second kappa shape index (κ2) is 4.78. The number of hydrogen-bond acceptors (Lipinski definition) is 4. The Hall–Kier alpha value is -1.88.